The van der Waals surface area contributed by atoms with Crippen LogP contribution in [-0.2, 0) is 0 Å². The Morgan fingerprint density at radius 3 is 2.47 bits per heavy atom. The number of piperidine rings is 1. The number of likely N-dealkylation sites (tertiary alicyclic amines) is 1. The molecule has 102 valence electrons. The van der Waals surface area contributed by atoms with Crippen LogP contribution in [0.3, 0.4) is 0 Å². The summed E-state index contributed by atoms with van der Waals surface area (Å²) in [6.45, 7) is 13.4. The fourth-order valence-electron chi connectivity index (χ4n) is 2.49. The molecule has 1 saturated heterocycles. The first-order valence-corrected chi connectivity index (χ1v) is 6.90. The normalized spacial score (nSPS) is 24.0. The van der Waals surface area contributed by atoms with Gasteiger partial charge < -0.3 is 16.0 Å². The van der Waals surface area contributed by atoms with Crippen LogP contribution in [0.5, 0.6) is 0 Å². The van der Waals surface area contributed by atoms with Gasteiger partial charge in [-0.3, -0.25) is 0 Å². The molecule has 1 heterocycles. The van der Waals surface area contributed by atoms with Gasteiger partial charge in [0.25, 0.3) is 0 Å². The van der Waals surface area contributed by atoms with Crippen molar-refractivity contribution in [2.24, 2.45) is 17.1 Å². The van der Waals surface area contributed by atoms with E-state index in [0.29, 0.717) is 12.0 Å². The van der Waals surface area contributed by atoms with Crippen LogP contribution in [0.4, 0.5) is 0 Å². The lowest BCUT2D eigenvalue weighted by molar-refractivity contribution is 0.0963. The van der Waals surface area contributed by atoms with Gasteiger partial charge in [-0.2, -0.15) is 0 Å². The Kier molecular flexibility index (Phi) is 4.99. The summed E-state index contributed by atoms with van der Waals surface area (Å²) in [7, 11) is 2.24. The monoisotopic (exact) mass is 241 g/mol. The van der Waals surface area contributed by atoms with Crippen LogP contribution in [0.2, 0.25) is 0 Å². The molecule has 0 aromatic carbocycles. The van der Waals surface area contributed by atoms with Crippen LogP contribution in [0.15, 0.2) is 0 Å². The molecule has 17 heavy (non-hydrogen) atoms. The average molecular weight is 241 g/mol. The maximum Gasteiger partial charge on any atom is 0.0247 e. The summed E-state index contributed by atoms with van der Waals surface area (Å²) < 4.78 is 0. The Morgan fingerprint density at radius 1 is 1.29 bits per heavy atom. The third-order valence-electron chi connectivity index (χ3n) is 4.26. The molecule has 0 aromatic rings. The Bertz CT molecular complexity index is 236. The van der Waals surface area contributed by atoms with E-state index in [0.717, 1.165) is 12.5 Å². The van der Waals surface area contributed by atoms with E-state index in [2.05, 4.69) is 45.0 Å². The van der Waals surface area contributed by atoms with Crippen molar-refractivity contribution in [1.29, 1.82) is 0 Å². The van der Waals surface area contributed by atoms with E-state index < -0.39 is 0 Å². The number of rotatable bonds is 5. The van der Waals surface area contributed by atoms with Crippen LogP contribution < -0.4 is 11.1 Å². The first-order chi connectivity index (χ1) is 7.77. The zero-order chi connectivity index (χ0) is 13.1. The maximum atomic E-state index is 5.77. The fraction of sp³-hybridized carbons (Fsp3) is 1.00. The van der Waals surface area contributed by atoms with Crippen molar-refractivity contribution in [2.45, 2.75) is 46.1 Å². The molecule has 0 aliphatic carbocycles. The number of nitrogens with zero attached hydrogens (tertiary/aromatic N) is 1. The third kappa shape index (κ3) is 4.57. The molecule has 0 amide bonds. The second-order valence-electron chi connectivity index (χ2n) is 7.03. The quantitative estimate of drug-likeness (QED) is 0.769. The highest BCUT2D eigenvalue weighted by atomic mass is 15.1. The second kappa shape index (κ2) is 5.68. The van der Waals surface area contributed by atoms with E-state index in [-0.39, 0.29) is 5.54 Å². The van der Waals surface area contributed by atoms with Crippen LogP contribution in [-0.4, -0.2) is 43.7 Å². The molecule has 0 saturated carbocycles. The summed E-state index contributed by atoms with van der Waals surface area (Å²) in [4.78, 5) is 2.46. The van der Waals surface area contributed by atoms with Crippen molar-refractivity contribution >= 4 is 0 Å². The summed E-state index contributed by atoms with van der Waals surface area (Å²) >= 11 is 0. The minimum Gasteiger partial charge on any atom is -0.329 e. The number of nitrogens with two attached hydrogens (primary N) is 1. The molecule has 3 N–H and O–H groups in total. The van der Waals surface area contributed by atoms with Crippen molar-refractivity contribution in [3.05, 3.63) is 0 Å². The molecule has 1 aliphatic heterocycles. The van der Waals surface area contributed by atoms with Crippen molar-refractivity contribution in [3.63, 3.8) is 0 Å². The lowest BCUT2D eigenvalue weighted by Crippen LogP contribution is -2.52. The standard InChI is InChI=1S/C14H31N3/c1-13(2,11-16-14(3,4)10-15)12-7-6-8-17(5)9-12/h12,16H,6-11,15H2,1-5H3. The van der Waals surface area contributed by atoms with Crippen LogP contribution in [0.25, 0.3) is 0 Å². The topological polar surface area (TPSA) is 41.3 Å². The molecule has 0 radical (unpaired) electrons. The van der Waals surface area contributed by atoms with Crippen LogP contribution >= 0.6 is 0 Å². The molecular weight excluding hydrogens is 210 g/mol. The first kappa shape index (κ1) is 14.9. The van der Waals surface area contributed by atoms with Gasteiger partial charge >= 0.3 is 0 Å². The molecule has 1 rings (SSSR count). The zero-order valence-electron chi connectivity index (χ0n) is 12.3. The molecule has 1 fully saturated rings. The van der Waals surface area contributed by atoms with Crippen molar-refractivity contribution in [2.75, 3.05) is 33.2 Å². The van der Waals surface area contributed by atoms with E-state index in [9.17, 15) is 0 Å². The van der Waals surface area contributed by atoms with Crippen LogP contribution in [0.1, 0.15) is 40.5 Å². The number of hydrogen-bond donors (Lipinski definition) is 2. The summed E-state index contributed by atoms with van der Waals surface area (Å²) in [6.07, 6.45) is 2.70. The molecule has 0 aromatic heterocycles. The fourth-order valence-corrected chi connectivity index (χ4v) is 2.49. The lowest BCUT2D eigenvalue weighted by Gasteiger charge is -2.42. The SMILES string of the molecule is CN1CCCC(C(C)(C)CNC(C)(C)CN)C1. The third-order valence-corrected chi connectivity index (χ3v) is 4.26. The smallest absolute Gasteiger partial charge is 0.0247 e. The molecule has 1 aliphatic rings. The van der Waals surface area contributed by atoms with E-state index in [4.69, 9.17) is 5.73 Å². The minimum atomic E-state index is 0.0534. The predicted octanol–water partition coefficient (Wildman–Crippen LogP) is 1.68. The Hall–Kier alpha value is -0.120. The number of hydrogen-bond acceptors (Lipinski definition) is 3. The average Bonchev–Trinajstić information content (AvgIpc) is 2.27. The first-order valence-electron chi connectivity index (χ1n) is 6.90. The van der Waals surface area contributed by atoms with Crippen molar-refractivity contribution in [1.82, 2.24) is 10.2 Å². The summed E-state index contributed by atoms with van der Waals surface area (Å²) in [5.41, 5.74) is 6.17. The summed E-state index contributed by atoms with van der Waals surface area (Å²) in [5.74, 6) is 0.794. The lowest BCUT2D eigenvalue weighted by atomic mass is 9.74. The maximum absolute atomic E-state index is 5.77. The van der Waals surface area contributed by atoms with Gasteiger partial charge in [0, 0.05) is 25.2 Å². The van der Waals surface area contributed by atoms with Gasteiger partial charge in [0.2, 0.25) is 0 Å². The molecule has 1 unspecified atom stereocenters. The molecular formula is C14H31N3. The van der Waals surface area contributed by atoms with Gasteiger partial charge in [-0.15, -0.1) is 0 Å². The van der Waals surface area contributed by atoms with Gasteiger partial charge in [0.1, 0.15) is 0 Å². The molecule has 0 bridgehead atoms. The van der Waals surface area contributed by atoms with E-state index in [1.165, 1.54) is 25.9 Å². The van der Waals surface area contributed by atoms with Crippen molar-refractivity contribution in [3.8, 4) is 0 Å². The predicted molar refractivity (Wildman–Crippen MR) is 75.1 cm³/mol. The zero-order valence-corrected chi connectivity index (χ0v) is 12.3. The highest BCUT2D eigenvalue weighted by Crippen LogP contribution is 2.33. The Balaban J connectivity index is 2.49. The minimum absolute atomic E-state index is 0.0534. The van der Waals surface area contributed by atoms with Gasteiger partial charge in [0.05, 0.1) is 0 Å². The molecule has 0 spiro atoms. The van der Waals surface area contributed by atoms with Gasteiger partial charge in [-0.05, 0) is 51.6 Å². The molecule has 1 atom stereocenters. The highest BCUT2D eigenvalue weighted by molar-refractivity contribution is 4.88. The van der Waals surface area contributed by atoms with Gasteiger partial charge in [-0.25, -0.2) is 0 Å². The Morgan fingerprint density at radius 2 is 1.94 bits per heavy atom. The van der Waals surface area contributed by atoms with Gasteiger partial charge in [-0.1, -0.05) is 13.8 Å². The van der Waals surface area contributed by atoms with E-state index in [1.807, 2.05) is 0 Å². The van der Waals surface area contributed by atoms with Crippen LogP contribution in [0, 0.1) is 11.3 Å². The van der Waals surface area contributed by atoms with E-state index >= 15 is 0 Å². The summed E-state index contributed by atoms with van der Waals surface area (Å²) in [6, 6.07) is 0. The molecule has 3 heteroatoms. The molecule has 3 nitrogen and oxygen atoms in total. The second-order valence-corrected chi connectivity index (χ2v) is 7.03. The number of nitrogens with one attached hydrogen (secondary N) is 1. The summed E-state index contributed by atoms with van der Waals surface area (Å²) in [5, 5.41) is 3.62. The Labute approximate surface area is 107 Å². The highest BCUT2D eigenvalue weighted by Gasteiger charge is 2.33. The van der Waals surface area contributed by atoms with E-state index in [1.54, 1.807) is 0 Å². The largest absolute Gasteiger partial charge is 0.329 e. The van der Waals surface area contributed by atoms with Crippen molar-refractivity contribution < 1.29 is 0 Å². The van der Waals surface area contributed by atoms with Gasteiger partial charge in [0.15, 0.2) is 0 Å².